The molecule has 1 aromatic carbocycles. The fourth-order valence-electron chi connectivity index (χ4n) is 1.24. The topological polar surface area (TPSA) is 18.5 Å². The second kappa shape index (κ2) is 6.75. The van der Waals surface area contributed by atoms with Crippen LogP contribution in [0.5, 0.6) is 5.75 Å². The van der Waals surface area contributed by atoms with E-state index >= 15 is 0 Å². The number of aryl methyl sites for hydroxylation is 2. The summed E-state index contributed by atoms with van der Waals surface area (Å²) in [4.78, 5) is 0. The number of thiol groups is 1. The summed E-state index contributed by atoms with van der Waals surface area (Å²) in [6.45, 7) is 6.00. The highest BCUT2D eigenvalue weighted by Crippen LogP contribution is 2.18. The molecule has 0 N–H and O–H groups in total. The molecule has 0 bridgehead atoms. The van der Waals surface area contributed by atoms with Gasteiger partial charge in [0.15, 0.2) is 0 Å². The van der Waals surface area contributed by atoms with E-state index in [1.54, 1.807) is 0 Å². The smallest absolute Gasteiger partial charge is 0.122 e. The predicted octanol–water partition coefficient (Wildman–Crippen LogP) is 2.63. The van der Waals surface area contributed by atoms with Crippen molar-refractivity contribution in [3.8, 4) is 5.75 Å². The molecule has 0 radical (unpaired) electrons. The van der Waals surface area contributed by atoms with Crippen molar-refractivity contribution >= 4 is 12.6 Å². The number of benzene rings is 1. The molecular formula is C12H18O2S. The summed E-state index contributed by atoms with van der Waals surface area (Å²) >= 11 is 4.06. The second-order valence-corrected chi connectivity index (χ2v) is 3.90. The second-order valence-electron chi connectivity index (χ2n) is 3.45. The van der Waals surface area contributed by atoms with E-state index < -0.39 is 0 Å². The third kappa shape index (κ3) is 4.58. The summed E-state index contributed by atoms with van der Waals surface area (Å²) in [6.07, 6.45) is 0. The molecule has 0 atom stereocenters. The van der Waals surface area contributed by atoms with Crippen molar-refractivity contribution in [3.63, 3.8) is 0 Å². The van der Waals surface area contributed by atoms with Gasteiger partial charge in [-0.15, -0.1) is 0 Å². The zero-order chi connectivity index (χ0) is 11.1. The highest BCUT2D eigenvalue weighted by molar-refractivity contribution is 7.80. The maximum Gasteiger partial charge on any atom is 0.122 e. The van der Waals surface area contributed by atoms with Crippen LogP contribution in [-0.4, -0.2) is 25.6 Å². The lowest BCUT2D eigenvalue weighted by molar-refractivity contribution is 0.112. The van der Waals surface area contributed by atoms with E-state index in [1.165, 1.54) is 5.56 Å². The van der Waals surface area contributed by atoms with Crippen molar-refractivity contribution < 1.29 is 9.47 Å². The molecule has 0 heterocycles. The third-order valence-corrected chi connectivity index (χ3v) is 2.25. The minimum atomic E-state index is 0.595. The fourth-order valence-corrected chi connectivity index (χ4v) is 1.37. The summed E-state index contributed by atoms with van der Waals surface area (Å²) in [6, 6.07) is 6.20. The van der Waals surface area contributed by atoms with Crippen LogP contribution in [-0.2, 0) is 4.74 Å². The van der Waals surface area contributed by atoms with Crippen LogP contribution in [0, 0.1) is 13.8 Å². The number of ether oxygens (including phenoxy) is 2. The molecule has 0 aliphatic heterocycles. The largest absolute Gasteiger partial charge is 0.491 e. The molecule has 0 fully saturated rings. The molecule has 15 heavy (non-hydrogen) atoms. The van der Waals surface area contributed by atoms with Gasteiger partial charge in [-0.3, -0.25) is 0 Å². The summed E-state index contributed by atoms with van der Waals surface area (Å²) in [5.41, 5.74) is 2.38. The summed E-state index contributed by atoms with van der Waals surface area (Å²) in [5.74, 6) is 1.70. The minimum absolute atomic E-state index is 0.595. The number of hydrogen-bond acceptors (Lipinski definition) is 3. The Bertz CT molecular complexity index is 300. The highest BCUT2D eigenvalue weighted by atomic mass is 32.1. The van der Waals surface area contributed by atoms with Crippen molar-refractivity contribution in [2.45, 2.75) is 13.8 Å². The van der Waals surface area contributed by atoms with E-state index in [0.29, 0.717) is 19.8 Å². The first-order chi connectivity index (χ1) is 7.24. The van der Waals surface area contributed by atoms with E-state index in [2.05, 4.69) is 31.7 Å². The average Bonchev–Trinajstić information content (AvgIpc) is 2.23. The van der Waals surface area contributed by atoms with Gasteiger partial charge in [0.2, 0.25) is 0 Å². The van der Waals surface area contributed by atoms with Crippen LogP contribution < -0.4 is 4.74 Å². The van der Waals surface area contributed by atoms with Gasteiger partial charge in [-0.1, -0.05) is 12.1 Å². The zero-order valence-corrected chi connectivity index (χ0v) is 10.2. The lowest BCUT2D eigenvalue weighted by Gasteiger charge is -2.09. The third-order valence-electron chi connectivity index (χ3n) is 2.06. The van der Waals surface area contributed by atoms with Gasteiger partial charge in [0, 0.05) is 5.75 Å². The van der Waals surface area contributed by atoms with Crippen molar-refractivity contribution in [1.29, 1.82) is 0 Å². The molecule has 0 saturated carbocycles. The predicted molar refractivity (Wildman–Crippen MR) is 66.1 cm³/mol. The van der Waals surface area contributed by atoms with Gasteiger partial charge in [-0.25, -0.2) is 0 Å². The van der Waals surface area contributed by atoms with Crippen LogP contribution >= 0.6 is 12.6 Å². The number of rotatable bonds is 6. The normalized spacial score (nSPS) is 10.3. The highest BCUT2D eigenvalue weighted by Gasteiger charge is 1.99. The van der Waals surface area contributed by atoms with Crippen LogP contribution in [0.1, 0.15) is 11.1 Å². The van der Waals surface area contributed by atoms with Gasteiger partial charge in [0.05, 0.1) is 13.2 Å². The minimum Gasteiger partial charge on any atom is -0.491 e. The van der Waals surface area contributed by atoms with Crippen LogP contribution in [0.15, 0.2) is 18.2 Å². The lowest BCUT2D eigenvalue weighted by Crippen LogP contribution is -2.08. The van der Waals surface area contributed by atoms with E-state index in [1.807, 2.05) is 13.0 Å². The summed E-state index contributed by atoms with van der Waals surface area (Å²) in [5, 5.41) is 0. The molecule has 0 aromatic heterocycles. The van der Waals surface area contributed by atoms with Crippen LogP contribution in [0.4, 0.5) is 0 Å². The van der Waals surface area contributed by atoms with Gasteiger partial charge < -0.3 is 9.47 Å². The molecule has 2 nitrogen and oxygen atoms in total. The molecule has 1 aromatic rings. The maximum absolute atomic E-state index is 5.61. The van der Waals surface area contributed by atoms with Gasteiger partial charge in [-0.05, 0) is 31.0 Å². The fraction of sp³-hybridized carbons (Fsp3) is 0.500. The first-order valence-corrected chi connectivity index (χ1v) is 5.76. The molecule has 0 amide bonds. The Morgan fingerprint density at radius 1 is 1.13 bits per heavy atom. The Hall–Kier alpha value is -0.670. The zero-order valence-electron chi connectivity index (χ0n) is 9.32. The van der Waals surface area contributed by atoms with Crippen LogP contribution in [0.25, 0.3) is 0 Å². The first-order valence-electron chi connectivity index (χ1n) is 5.12. The van der Waals surface area contributed by atoms with Gasteiger partial charge in [0.25, 0.3) is 0 Å². The number of hydrogen-bond donors (Lipinski definition) is 1. The molecule has 1 rings (SSSR count). The SMILES string of the molecule is Cc1ccc(C)c(OCCOCCS)c1. The van der Waals surface area contributed by atoms with Crippen LogP contribution in [0.3, 0.4) is 0 Å². The molecule has 84 valence electrons. The van der Waals surface area contributed by atoms with E-state index in [4.69, 9.17) is 9.47 Å². The van der Waals surface area contributed by atoms with E-state index in [-0.39, 0.29) is 0 Å². The monoisotopic (exact) mass is 226 g/mol. The van der Waals surface area contributed by atoms with Crippen LogP contribution in [0.2, 0.25) is 0 Å². The Morgan fingerprint density at radius 2 is 1.93 bits per heavy atom. The van der Waals surface area contributed by atoms with Crippen molar-refractivity contribution in [3.05, 3.63) is 29.3 Å². The lowest BCUT2D eigenvalue weighted by atomic mass is 10.1. The van der Waals surface area contributed by atoms with Crippen molar-refractivity contribution in [2.75, 3.05) is 25.6 Å². The van der Waals surface area contributed by atoms with Crippen molar-refractivity contribution in [1.82, 2.24) is 0 Å². The molecule has 0 aliphatic rings. The summed E-state index contributed by atoms with van der Waals surface area (Å²) in [7, 11) is 0. The maximum atomic E-state index is 5.61. The average molecular weight is 226 g/mol. The molecule has 0 aliphatic carbocycles. The quantitative estimate of drug-likeness (QED) is 0.594. The van der Waals surface area contributed by atoms with E-state index in [9.17, 15) is 0 Å². The Kier molecular flexibility index (Phi) is 5.58. The molecule has 0 spiro atoms. The molecule has 0 unspecified atom stereocenters. The molecular weight excluding hydrogens is 208 g/mol. The van der Waals surface area contributed by atoms with Gasteiger partial charge >= 0.3 is 0 Å². The summed E-state index contributed by atoms with van der Waals surface area (Å²) < 4.78 is 10.9. The Labute approximate surface area is 97.0 Å². The Morgan fingerprint density at radius 3 is 2.67 bits per heavy atom. The van der Waals surface area contributed by atoms with Gasteiger partial charge in [-0.2, -0.15) is 12.6 Å². The Balaban J connectivity index is 2.33. The molecule has 0 saturated heterocycles. The van der Waals surface area contributed by atoms with Crippen molar-refractivity contribution in [2.24, 2.45) is 0 Å². The van der Waals surface area contributed by atoms with Gasteiger partial charge in [0.1, 0.15) is 12.4 Å². The standard InChI is InChI=1S/C12H18O2S/c1-10-3-4-11(2)12(9-10)14-6-5-13-7-8-15/h3-4,9,15H,5-8H2,1-2H3. The first kappa shape index (κ1) is 12.4. The van der Waals surface area contributed by atoms with E-state index in [0.717, 1.165) is 17.1 Å². The molecule has 3 heteroatoms.